The first-order valence-electron chi connectivity index (χ1n) is 8.48. The van der Waals surface area contributed by atoms with Crippen LogP contribution in [0.2, 0.25) is 0 Å². The van der Waals surface area contributed by atoms with Crippen LogP contribution >= 0.6 is 23.1 Å². The standard InChI is InChI=1S/C19H22N4OS2/c1-15-22-18(13-26-15)12-25-9-6-19(24)21-10-16-4-2-3-5-17(16)11-23-8-7-20-14-23/h2-5,7-8,13-14H,6,9-12H2,1H3,(H,21,24). The van der Waals surface area contributed by atoms with Gasteiger partial charge in [0.05, 0.1) is 17.0 Å². The van der Waals surface area contributed by atoms with E-state index in [1.165, 1.54) is 5.56 Å². The van der Waals surface area contributed by atoms with E-state index in [0.29, 0.717) is 13.0 Å². The van der Waals surface area contributed by atoms with Crippen molar-refractivity contribution in [3.63, 3.8) is 0 Å². The van der Waals surface area contributed by atoms with Crippen LogP contribution in [0.1, 0.15) is 28.2 Å². The van der Waals surface area contributed by atoms with E-state index in [4.69, 9.17) is 0 Å². The first-order chi connectivity index (χ1) is 12.7. The van der Waals surface area contributed by atoms with Gasteiger partial charge in [0.2, 0.25) is 5.91 Å². The van der Waals surface area contributed by atoms with E-state index < -0.39 is 0 Å². The number of thiazole rings is 1. The molecule has 0 unspecified atom stereocenters. The number of hydrogen-bond acceptors (Lipinski definition) is 5. The summed E-state index contributed by atoms with van der Waals surface area (Å²) in [5.74, 6) is 1.76. The normalized spacial score (nSPS) is 10.8. The van der Waals surface area contributed by atoms with Gasteiger partial charge in [0, 0.05) is 48.8 Å². The first kappa shape index (κ1) is 18.7. The molecule has 0 saturated heterocycles. The summed E-state index contributed by atoms with van der Waals surface area (Å²) in [5, 5.41) is 6.20. The number of nitrogens with one attached hydrogen (secondary N) is 1. The lowest BCUT2D eigenvalue weighted by Crippen LogP contribution is -2.23. The Morgan fingerprint density at radius 3 is 2.88 bits per heavy atom. The van der Waals surface area contributed by atoms with E-state index in [1.54, 1.807) is 35.6 Å². The number of aromatic nitrogens is 3. The van der Waals surface area contributed by atoms with Crippen molar-refractivity contribution in [2.45, 2.75) is 32.2 Å². The Balaban J connectivity index is 1.41. The second-order valence-corrected chi connectivity index (χ2v) is 8.11. The monoisotopic (exact) mass is 386 g/mol. The molecule has 136 valence electrons. The number of thioether (sulfide) groups is 1. The maximum atomic E-state index is 12.1. The van der Waals surface area contributed by atoms with Crippen molar-refractivity contribution in [3.8, 4) is 0 Å². The Morgan fingerprint density at radius 1 is 1.31 bits per heavy atom. The van der Waals surface area contributed by atoms with Crippen LogP contribution in [0.3, 0.4) is 0 Å². The van der Waals surface area contributed by atoms with Crippen molar-refractivity contribution in [1.82, 2.24) is 19.9 Å². The van der Waals surface area contributed by atoms with Crippen molar-refractivity contribution < 1.29 is 4.79 Å². The predicted molar refractivity (Wildman–Crippen MR) is 107 cm³/mol. The smallest absolute Gasteiger partial charge is 0.221 e. The van der Waals surface area contributed by atoms with Crippen molar-refractivity contribution >= 4 is 29.0 Å². The van der Waals surface area contributed by atoms with E-state index in [9.17, 15) is 4.79 Å². The highest BCUT2D eigenvalue weighted by Crippen LogP contribution is 2.16. The maximum absolute atomic E-state index is 12.1. The van der Waals surface area contributed by atoms with E-state index in [1.807, 2.05) is 29.8 Å². The lowest BCUT2D eigenvalue weighted by Gasteiger charge is -2.11. The van der Waals surface area contributed by atoms with E-state index in [0.717, 1.165) is 34.3 Å². The quantitative estimate of drug-likeness (QED) is 0.571. The molecule has 3 rings (SSSR count). The first-order valence-corrected chi connectivity index (χ1v) is 10.5. The Hall–Kier alpha value is -2.12. The third-order valence-corrected chi connectivity index (χ3v) is 5.71. The topological polar surface area (TPSA) is 59.8 Å². The molecule has 0 spiro atoms. The van der Waals surface area contributed by atoms with Gasteiger partial charge in [-0.2, -0.15) is 11.8 Å². The molecule has 0 saturated carbocycles. The number of amides is 1. The number of imidazole rings is 1. The van der Waals surface area contributed by atoms with Gasteiger partial charge in [0.25, 0.3) is 0 Å². The predicted octanol–water partition coefficient (Wildman–Crippen LogP) is 3.64. The van der Waals surface area contributed by atoms with E-state index in [2.05, 4.69) is 32.8 Å². The molecule has 26 heavy (non-hydrogen) atoms. The average Bonchev–Trinajstić information content (AvgIpc) is 3.30. The second kappa shape index (κ2) is 9.54. The van der Waals surface area contributed by atoms with Gasteiger partial charge < -0.3 is 9.88 Å². The summed E-state index contributed by atoms with van der Waals surface area (Å²) in [4.78, 5) is 20.6. The molecule has 0 fully saturated rings. The molecule has 0 aliphatic carbocycles. The van der Waals surface area contributed by atoms with Crippen LogP contribution in [-0.2, 0) is 23.6 Å². The molecule has 1 amide bonds. The third-order valence-electron chi connectivity index (χ3n) is 3.90. The van der Waals surface area contributed by atoms with Crippen molar-refractivity contribution in [1.29, 1.82) is 0 Å². The summed E-state index contributed by atoms with van der Waals surface area (Å²) in [6.07, 6.45) is 6.04. The number of carbonyl (C=O) groups excluding carboxylic acids is 1. The van der Waals surface area contributed by atoms with Gasteiger partial charge in [0.15, 0.2) is 0 Å². The van der Waals surface area contributed by atoms with Gasteiger partial charge >= 0.3 is 0 Å². The fourth-order valence-corrected chi connectivity index (χ4v) is 4.11. The molecule has 0 aliphatic rings. The molecule has 0 aliphatic heterocycles. The molecule has 2 aromatic heterocycles. The van der Waals surface area contributed by atoms with Gasteiger partial charge in [-0.1, -0.05) is 24.3 Å². The lowest BCUT2D eigenvalue weighted by atomic mass is 10.1. The van der Waals surface area contributed by atoms with Crippen LogP contribution in [0.15, 0.2) is 48.4 Å². The summed E-state index contributed by atoms with van der Waals surface area (Å²) in [6.45, 7) is 3.32. The zero-order chi connectivity index (χ0) is 18.2. The average molecular weight is 387 g/mol. The molecular formula is C19H22N4OS2. The van der Waals surface area contributed by atoms with Crippen LogP contribution in [0.25, 0.3) is 0 Å². The molecular weight excluding hydrogens is 364 g/mol. The fourth-order valence-electron chi connectivity index (χ4n) is 2.56. The Labute approximate surface area is 161 Å². The molecule has 5 nitrogen and oxygen atoms in total. The summed E-state index contributed by atoms with van der Waals surface area (Å²) >= 11 is 3.42. The minimum absolute atomic E-state index is 0.0874. The van der Waals surface area contributed by atoms with Crippen LogP contribution in [0.5, 0.6) is 0 Å². The Kier molecular flexibility index (Phi) is 6.85. The van der Waals surface area contributed by atoms with Crippen LogP contribution < -0.4 is 5.32 Å². The number of rotatable bonds is 9. The molecule has 0 radical (unpaired) electrons. The summed E-state index contributed by atoms with van der Waals surface area (Å²) in [5.41, 5.74) is 3.44. The number of carbonyl (C=O) groups is 1. The molecule has 0 atom stereocenters. The van der Waals surface area contributed by atoms with Crippen molar-refractivity contribution in [3.05, 3.63) is 70.2 Å². The van der Waals surface area contributed by atoms with Crippen molar-refractivity contribution in [2.24, 2.45) is 0 Å². The van der Waals surface area contributed by atoms with Gasteiger partial charge in [-0.3, -0.25) is 4.79 Å². The SMILES string of the molecule is Cc1nc(CSCCC(=O)NCc2ccccc2Cn2ccnc2)cs1. The molecule has 0 bridgehead atoms. The van der Waals surface area contributed by atoms with Gasteiger partial charge in [0.1, 0.15) is 0 Å². The number of nitrogens with zero attached hydrogens (tertiary/aromatic N) is 3. The summed E-state index contributed by atoms with van der Waals surface area (Å²) in [7, 11) is 0. The minimum Gasteiger partial charge on any atom is -0.352 e. The molecule has 2 heterocycles. The highest BCUT2D eigenvalue weighted by molar-refractivity contribution is 7.98. The largest absolute Gasteiger partial charge is 0.352 e. The summed E-state index contributed by atoms with van der Waals surface area (Å²) < 4.78 is 2.03. The van der Waals surface area contributed by atoms with Crippen LogP contribution in [0, 0.1) is 6.92 Å². The zero-order valence-electron chi connectivity index (χ0n) is 14.7. The fraction of sp³-hybridized carbons (Fsp3) is 0.316. The van der Waals surface area contributed by atoms with Crippen LogP contribution in [-0.4, -0.2) is 26.2 Å². The van der Waals surface area contributed by atoms with Gasteiger partial charge in [-0.15, -0.1) is 11.3 Å². The highest BCUT2D eigenvalue weighted by atomic mass is 32.2. The minimum atomic E-state index is 0.0874. The second-order valence-electron chi connectivity index (χ2n) is 5.94. The zero-order valence-corrected chi connectivity index (χ0v) is 16.4. The molecule has 1 aromatic carbocycles. The van der Waals surface area contributed by atoms with Gasteiger partial charge in [-0.05, 0) is 18.1 Å². The number of benzene rings is 1. The molecule has 7 heteroatoms. The molecule has 1 N–H and O–H groups in total. The van der Waals surface area contributed by atoms with E-state index >= 15 is 0 Å². The van der Waals surface area contributed by atoms with Crippen LogP contribution in [0.4, 0.5) is 0 Å². The Morgan fingerprint density at radius 2 is 2.15 bits per heavy atom. The van der Waals surface area contributed by atoms with Crippen molar-refractivity contribution in [2.75, 3.05) is 5.75 Å². The highest BCUT2D eigenvalue weighted by Gasteiger charge is 2.06. The lowest BCUT2D eigenvalue weighted by molar-refractivity contribution is -0.120. The summed E-state index contributed by atoms with van der Waals surface area (Å²) in [6, 6.07) is 8.18. The third kappa shape index (κ3) is 5.71. The molecule has 3 aromatic rings. The van der Waals surface area contributed by atoms with Gasteiger partial charge in [-0.25, -0.2) is 9.97 Å². The Bertz CT molecular complexity index is 830. The maximum Gasteiger partial charge on any atom is 0.221 e. The van der Waals surface area contributed by atoms with E-state index in [-0.39, 0.29) is 5.91 Å². The number of hydrogen-bond donors (Lipinski definition) is 1. The number of aryl methyl sites for hydroxylation is 1.